The molecule has 0 unspecified atom stereocenters. The molecule has 3 rings (SSSR count). The summed E-state index contributed by atoms with van der Waals surface area (Å²) in [5.41, 5.74) is 2.93. The van der Waals surface area contributed by atoms with Crippen molar-refractivity contribution in [2.75, 3.05) is 11.4 Å². The third-order valence-corrected chi connectivity index (χ3v) is 5.01. The van der Waals surface area contributed by atoms with Crippen LogP contribution in [-0.4, -0.2) is 17.0 Å². The fourth-order valence-electron chi connectivity index (χ4n) is 2.87. The summed E-state index contributed by atoms with van der Waals surface area (Å²) in [7, 11) is 0. The van der Waals surface area contributed by atoms with Gasteiger partial charge in [-0.25, -0.2) is 0 Å². The van der Waals surface area contributed by atoms with Crippen LogP contribution in [0.4, 0.5) is 5.69 Å². The molecule has 0 N–H and O–H groups in total. The van der Waals surface area contributed by atoms with Crippen molar-refractivity contribution in [3.8, 4) is 0 Å². The van der Waals surface area contributed by atoms with Crippen LogP contribution in [0.2, 0.25) is 0 Å². The maximum absolute atomic E-state index is 12.6. The van der Waals surface area contributed by atoms with E-state index in [0.717, 1.165) is 21.5 Å². The number of aryl methyl sites for hydroxylation is 2. The van der Waals surface area contributed by atoms with Crippen molar-refractivity contribution in [2.24, 2.45) is 0 Å². The molecule has 1 amide bonds. The van der Waals surface area contributed by atoms with Gasteiger partial charge in [0.1, 0.15) is 0 Å². The van der Waals surface area contributed by atoms with Crippen molar-refractivity contribution >= 4 is 33.1 Å². The first-order valence-electron chi connectivity index (χ1n) is 8.05. The number of fused-ring (bicyclic) bond motifs is 1. The summed E-state index contributed by atoms with van der Waals surface area (Å²) in [5.74, 6) is 0.0327. The van der Waals surface area contributed by atoms with Crippen LogP contribution in [0, 0.1) is 6.92 Å². The number of anilines is 1. The minimum atomic E-state index is -0.0115. The van der Waals surface area contributed by atoms with Gasteiger partial charge in [-0.05, 0) is 43.7 Å². The molecule has 0 radical (unpaired) electrons. The first kappa shape index (κ1) is 16.5. The smallest absolute Gasteiger partial charge is 0.308 e. The highest BCUT2D eigenvalue weighted by Gasteiger charge is 2.15. The molecule has 2 aromatic carbocycles. The van der Waals surface area contributed by atoms with Gasteiger partial charge in [0.2, 0.25) is 5.91 Å². The van der Waals surface area contributed by atoms with Crippen molar-refractivity contribution in [3.05, 3.63) is 63.8 Å². The normalized spacial score (nSPS) is 10.9. The Morgan fingerprint density at radius 3 is 2.71 bits per heavy atom. The predicted octanol–water partition coefficient (Wildman–Crippen LogP) is 3.81. The first-order valence-corrected chi connectivity index (χ1v) is 8.87. The maximum atomic E-state index is 12.6. The highest BCUT2D eigenvalue weighted by atomic mass is 32.1. The van der Waals surface area contributed by atoms with Gasteiger partial charge in [-0.2, -0.15) is 0 Å². The Labute approximate surface area is 145 Å². The number of carbonyl (C=O) groups is 1. The van der Waals surface area contributed by atoms with Gasteiger partial charge in [-0.1, -0.05) is 35.6 Å². The molecule has 3 aromatic rings. The number of aromatic nitrogens is 1. The van der Waals surface area contributed by atoms with Gasteiger partial charge in [0, 0.05) is 25.2 Å². The molecule has 0 aliphatic carbocycles. The second-order valence-corrected chi connectivity index (χ2v) is 6.71. The van der Waals surface area contributed by atoms with Crippen molar-refractivity contribution in [3.63, 3.8) is 0 Å². The number of carbonyl (C=O) groups excluding carboxylic acids is 1. The number of hydrogen-bond acceptors (Lipinski definition) is 3. The molecule has 0 spiro atoms. The van der Waals surface area contributed by atoms with Crippen LogP contribution in [-0.2, 0) is 11.3 Å². The van der Waals surface area contributed by atoms with Gasteiger partial charge in [0.15, 0.2) is 0 Å². The first-order chi connectivity index (χ1) is 11.6. The van der Waals surface area contributed by atoms with E-state index in [-0.39, 0.29) is 10.8 Å². The number of hydrogen-bond donors (Lipinski definition) is 0. The predicted molar refractivity (Wildman–Crippen MR) is 99.9 cm³/mol. The lowest BCUT2D eigenvalue weighted by atomic mass is 10.2. The molecule has 0 saturated carbocycles. The van der Waals surface area contributed by atoms with Crippen molar-refractivity contribution in [1.82, 2.24) is 4.57 Å². The monoisotopic (exact) mass is 340 g/mol. The van der Waals surface area contributed by atoms with Crippen LogP contribution >= 0.6 is 11.3 Å². The Hall–Kier alpha value is -2.40. The minimum Gasteiger partial charge on any atom is -0.313 e. The average Bonchev–Trinajstić information content (AvgIpc) is 2.89. The van der Waals surface area contributed by atoms with Crippen molar-refractivity contribution < 1.29 is 4.79 Å². The highest BCUT2D eigenvalue weighted by Crippen LogP contribution is 2.19. The molecule has 4 nitrogen and oxygen atoms in total. The average molecular weight is 340 g/mol. The van der Waals surface area contributed by atoms with E-state index in [1.54, 1.807) is 9.47 Å². The number of rotatable bonds is 5. The van der Waals surface area contributed by atoms with Crippen molar-refractivity contribution in [2.45, 2.75) is 26.8 Å². The van der Waals surface area contributed by atoms with Gasteiger partial charge >= 0.3 is 4.87 Å². The summed E-state index contributed by atoms with van der Waals surface area (Å²) in [6.07, 6.45) is 0.308. The molecule has 0 aliphatic rings. The van der Waals surface area contributed by atoms with Gasteiger partial charge in [-0.3, -0.25) is 14.2 Å². The number of benzene rings is 2. The van der Waals surface area contributed by atoms with E-state index in [9.17, 15) is 9.59 Å². The molecule has 1 heterocycles. The molecule has 1 aromatic heterocycles. The molecule has 0 fully saturated rings. The summed E-state index contributed by atoms with van der Waals surface area (Å²) >= 11 is 1.23. The Kier molecular flexibility index (Phi) is 4.81. The Balaban J connectivity index is 1.79. The Bertz CT molecular complexity index is 926. The summed E-state index contributed by atoms with van der Waals surface area (Å²) in [6.45, 7) is 5.00. The molecular weight excluding hydrogens is 320 g/mol. The summed E-state index contributed by atoms with van der Waals surface area (Å²) in [4.78, 5) is 26.6. The van der Waals surface area contributed by atoms with Crippen LogP contribution in [0.25, 0.3) is 10.2 Å². The summed E-state index contributed by atoms with van der Waals surface area (Å²) < 4.78 is 2.66. The molecule has 0 aliphatic heterocycles. The lowest BCUT2D eigenvalue weighted by Gasteiger charge is -2.21. The van der Waals surface area contributed by atoms with Crippen LogP contribution < -0.4 is 9.77 Å². The molecule has 124 valence electrons. The number of amides is 1. The van der Waals surface area contributed by atoms with Gasteiger partial charge in [0.25, 0.3) is 0 Å². The maximum Gasteiger partial charge on any atom is 0.308 e. The lowest BCUT2D eigenvalue weighted by molar-refractivity contribution is -0.118. The molecule has 0 bridgehead atoms. The summed E-state index contributed by atoms with van der Waals surface area (Å²) in [6, 6.07) is 15.6. The van der Waals surface area contributed by atoms with E-state index in [1.165, 1.54) is 11.3 Å². The third kappa shape index (κ3) is 3.26. The molecule has 0 saturated heterocycles. The van der Waals surface area contributed by atoms with E-state index in [0.29, 0.717) is 19.5 Å². The van der Waals surface area contributed by atoms with E-state index >= 15 is 0 Å². The zero-order chi connectivity index (χ0) is 17.1. The van der Waals surface area contributed by atoms with Crippen LogP contribution in [0.1, 0.15) is 18.9 Å². The quantitative estimate of drug-likeness (QED) is 0.709. The highest BCUT2D eigenvalue weighted by molar-refractivity contribution is 7.16. The second-order valence-electron chi connectivity index (χ2n) is 5.71. The number of para-hydroxylation sites is 1. The lowest BCUT2D eigenvalue weighted by Crippen LogP contribution is -2.32. The molecule has 0 atom stereocenters. The zero-order valence-electron chi connectivity index (χ0n) is 13.9. The Morgan fingerprint density at radius 2 is 1.96 bits per heavy atom. The fourth-order valence-corrected chi connectivity index (χ4v) is 3.78. The van der Waals surface area contributed by atoms with E-state index < -0.39 is 0 Å². The topological polar surface area (TPSA) is 42.3 Å². The molecular formula is C19H20N2O2S. The van der Waals surface area contributed by atoms with E-state index in [1.807, 2.05) is 62.4 Å². The van der Waals surface area contributed by atoms with Gasteiger partial charge in [0.05, 0.1) is 10.2 Å². The minimum absolute atomic E-state index is 0.0115. The number of nitrogens with zero attached hydrogens (tertiary/aromatic N) is 2. The third-order valence-electron chi connectivity index (χ3n) is 4.05. The fraction of sp³-hybridized carbons (Fsp3) is 0.263. The van der Waals surface area contributed by atoms with Gasteiger partial charge in [-0.15, -0.1) is 0 Å². The van der Waals surface area contributed by atoms with E-state index in [4.69, 9.17) is 0 Å². The van der Waals surface area contributed by atoms with Crippen molar-refractivity contribution in [1.29, 1.82) is 0 Å². The van der Waals surface area contributed by atoms with Gasteiger partial charge < -0.3 is 4.90 Å². The van der Waals surface area contributed by atoms with Crippen LogP contribution in [0.5, 0.6) is 0 Å². The standard InChI is InChI=1S/C19H20N2O2S/c1-3-20(15-8-6-7-14(2)13-15)18(22)11-12-21-16-9-4-5-10-17(16)24-19(21)23/h4-10,13H,3,11-12H2,1-2H3. The van der Waals surface area contributed by atoms with E-state index in [2.05, 4.69) is 0 Å². The SMILES string of the molecule is CCN(C(=O)CCn1c(=O)sc2ccccc21)c1cccc(C)c1. The van der Waals surface area contributed by atoms with Crippen LogP contribution in [0.3, 0.4) is 0 Å². The second kappa shape index (κ2) is 7.01. The Morgan fingerprint density at radius 1 is 1.17 bits per heavy atom. The zero-order valence-corrected chi connectivity index (χ0v) is 14.7. The summed E-state index contributed by atoms with van der Waals surface area (Å²) in [5, 5.41) is 0. The number of thiazole rings is 1. The molecule has 5 heteroatoms. The van der Waals surface area contributed by atoms with Crippen LogP contribution in [0.15, 0.2) is 53.3 Å². The largest absolute Gasteiger partial charge is 0.313 e. The molecule has 24 heavy (non-hydrogen) atoms.